The molecule has 0 fully saturated rings. The average Bonchev–Trinajstić information content (AvgIpc) is 2.11. The summed E-state index contributed by atoms with van der Waals surface area (Å²) < 4.78 is 0. The summed E-state index contributed by atoms with van der Waals surface area (Å²) >= 11 is 11.2. The zero-order valence-electron chi connectivity index (χ0n) is 6.94. The summed E-state index contributed by atoms with van der Waals surface area (Å²) in [5.41, 5.74) is 5.79. The van der Waals surface area contributed by atoms with Crippen LogP contribution >= 0.6 is 23.2 Å². The van der Waals surface area contributed by atoms with Crippen LogP contribution in [0, 0.1) is 0 Å². The van der Waals surface area contributed by atoms with E-state index in [0.717, 1.165) is 0 Å². The summed E-state index contributed by atoms with van der Waals surface area (Å²) in [7, 11) is 0. The first-order valence-electron chi connectivity index (χ1n) is 3.66. The van der Waals surface area contributed by atoms with Gasteiger partial charge in [0.05, 0.1) is 0 Å². The number of nitrogens with two attached hydrogens (primary N) is 1. The fourth-order valence-corrected chi connectivity index (χ4v) is 1.19. The molecule has 7 heteroatoms. The normalized spacial score (nSPS) is 12.5. The number of hydrogen-bond donors (Lipinski definition) is 2. The molecule has 0 aliphatic rings. The molecule has 0 amide bonds. The van der Waals surface area contributed by atoms with Crippen LogP contribution in [0.2, 0.25) is 10.3 Å². The molecule has 3 N–H and O–H groups in total. The van der Waals surface area contributed by atoms with Crippen molar-refractivity contribution in [2.75, 3.05) is 0 Å². The Morgan fingerprint density at radius 3 is 2.79 bits per heavy atom. The van der Waals surface area contributed by atoms with Crippen molar-refractivity contribution in [2.45, 2.75) is 12.5 Å². The highest BCUT2D eigenvalue weighted by Gasteiger charge is 2.15. The molecule has 0 aliphatic heterocycles. The Morgan fingerprint density at radius 1 is 1.57 bits per heavy atom. The molecule has 0 saturated carbocycles. The molecule has 0 aliphatic carbocycles. The molecule has 0 bridgehead atoms. The van der Waals surface area contributed by atoms with Crippen molar-refractivity contribution >= 4 is 29.2 Å². The average molecular weight is 236 g/mol. The predicted molar refractivity (Wildman–Crippen MR) is 51.4 cm³/mol. The third-order valence-electron chi connectivity index (χ3n) is 1.55. The largest absolute Gasteiger partial charge is 0.480 e. The van der Waals surface area contributed by atoms with E-state index >= 15 is 0 Å². The SMILES string of the molecule is NC(Cc1cc(Cl)nnc1Cl)C(=O)O. The van der Waals surface area contributed by atoms with Crippen LogP contribution < -0.4 is 5.73 Å². The Kier molecular flexibility index (Phi) is 3.62. The van der Waals surface area contributed by atoms with Gasteiger partial charge >= 0.3 is 5.97 Å². The van der Waals surface area contributed by atoms with Crippen molar-refractivity contribution in [3.05, 3.63) is 21.9 Å². The van der Waals surface area contributed by atoms with Crippen LogP contribution in [0.15, 0.2) is 6.07 Å². The van der Waals surface area contributed by atoms with Gasteiger partial charge < -0.3 is 10.8 Å². The van der Waals surface area contributed by atoms with Gasteiger partial charge in [0.2, 0.25) is 0 Å². The second-order valence-electron chi connectivity index (χ2n) is 2.63. The van der Waals surface area contributed by atoms with E-state index in [1.165, 1.54) is 6.07 Å². The Bertz CT molecular complexity index is 359. The first-order valence-corrected chi connectivity index (χ1v) is 4.42. The van der Waals surface area contributed by atoms with Crippen molar-refractivity contribution in [3.8, 4) is 0 Å². The van der Waals surface area contributed by atoms with Gasteiger partial charge in [-0.05, 0) is 11.6 Å². The molecular weight excluding hydrogens is 229 g/mol. The van der Waals surface area contributed by atoms with Gasteiger partial charge in [0.15, 0.2) is 10.3 Å². The van der Waals surface area contributed by atoms with E-state index in [0.29, 0.717) is 5.56 Å². The van der Waals surface area contributed by atoms with Gasteiger partial charge in [0, 0.05) is 6.42 Å². The van der Waals surface area contributed by atoms with E-state index in [2.05, 4.69) is 10.2 Å². The lowest BCUT2D eigenvalue weighted by molar-refractivity contribution is -0.138. The second-order valence-corrected chi connectivity index (χ2v) is 3.38. The van der Waals surface area contributed by atoms with Crippen LogP contribution in [-0.4, -0.2) is 27.3 Å². The van der Waals surface area contributed by atoms with Gasteiger partial charge in [0.1, 0.15) is 6.04 Å². The van der Waals surface area contributed by atoms with Gasteiger partial charge in [-0.25, -0.2) is 0 Å². The highest BCUT2D eigenvalue weighted by atomic mass is 35.5. The van der Waals surface area contributed by atoms with Gasteiger partial charge in [-0.1, -0.05) is 23.2 Å². The number of aliphatic carboxylic acids is 1. The quantitative estimate of drug-likeness (QED) is 0.807. The van der Waals surface area contributed by atoms with E-state index in [9.17, 15) is 4.79 Å². The van der Waals surface area contributed by atoms with Gasteiger partial charge in [0.25, 0.3) is 0 Å². The third kappa shape index (κ3) is 2.80. The lowest BCUT2D eigenvalue weighted by atomic mass is 10.1. The summed E-state index contributed by atoms with van der Waals surface area (Å²) in [6.07, 6.45) is 0.0728. The molecule has 1 unspecified atom stereocenters. The summed E-state index contributed by atoms with van der Waals surface area (Å²) in [5, 5.41) is 15.9. The number of carbonyl (C=O) groups is 1. The zero-order valence-corrected chi connectivity index (χ0v) is 8.46. The number of rotatable bonds is 3. The molecule has 0 saturated heterocycles. The maximum atomic E-state index is 10.5. The van der Waals surface area contributed by atoms with E-state index < -0.39 is 12.0 Å². The number of carboxylic acid groups (broad SMARTS) is 1. The van der Waals surface area contributed by atoms with Crippen molar-refractivity contribution in [3.63, 3.8) is 0 Å². The molecule has 0 spiro atoms. The Labute approximate surface area is 89.8 Å². The van der Waals surface area contributed by atoms with E-state index in [-0.39, 0.29) is 16.7 Å². The number of aromatic nitrogens is 2. The van der Waals surface area contributed by atoms with Crippen molar-refractivity contribution in [1.29, 1.82) is 0 Å². The molecule has 1 aromatic heterocycles. The van der Waals surface area contributed by atoms with Crippen LogP contribution in [0.1, 0.15) is 5.56 Å². The van der Waals surface area contributed by atoms with Crippen molar-refractivity contribution in [2.24, 2.45) is 5.73 Å². The van der Waals surface area contributed by atoms with Crippen LogP contribution in [0.4, 0.5) is 0 Å². The molecule has 14 heavy (non-hydrogen) atoms. The Balaban J connectivity index is 2.85. The summed E-state index contributed by atoms with van der Waals surface area (Å²) in [5.74, 6) is -1.10. The zero-order chi connectivity index (χ0) is 10.7. The number of halogens is 2. The standard InChI is InChI=1S/C7H7Cl2N3O2/c8-5-2-3(6(9)12-11-5)1-4(10)7(13)14/h2,4H,1,10H2,(H,13,14). The molecule has 1 aromatic rings. The molecule has 76 valence electrons. The fourth-order valence-electron chi connectivity index (χ4n) is 0.855. The lowest BCUT2D eigenvalue weighted by Gasteiger charge is -2.06. The predicted octanol–water partition coefficient (Wildman–Crippen LogP) is 0.738. The van der Waals surface area contributed by atoms with E-state index in [1.807, 2.05) is 0 Å². The van der Waals surface area contributed by atoms with E-state index in [1.54, 1.807) is 0 Å². The molecular formula is C7H7Cl2N3O2. The first-order chi connectivity index (χ1) is 6.50. The van der Waals surface area contributed by atoms with Crippen LogP contribution in [0.25, 0.3) is 0 Å². The van der Waals surface area contributed by atoms with Crippen molar-refractivity contribution < 1.29 is 9.90 Å². The second kappa shape index (κ2) is 4.54. The van der Waals surface area contributed by atoms with E-state index in [4.69, 9.17) is 34.0 Å². The smallest absolute Gasteiger partial charge is 0.320 e. The molecule has 1 heterocycles. The third-order valence-corrected chi connectivity index (χ3v) is 2.05. The molecule has 1 rings (SSSR count). The van der Waals surface area contributed by atoms with Gasteiger partial charge in [-0.15, -0.1) is 10.2 Å². The maximum Gasteiger partial charge on any atom is 0.320 e. The summed E-state index contributed by atoms with van der Waals surface area (Å²) in [4.78, 5) is 10.5. The number of nitrogens with zero attached hydrogens (tertiary/aromatic N) is 2. The van der Waals surface area contributed by atoms with Crippen LogP contribution in [0.5, 0.6) is 0 Å². The first kappa shape index (κ1) is 11.2. The minimum atomic E-state index is -1.10. The van der Waals surface area contributed by atoms with Crippen LogP contribution in [0.3, 0.4) is 0 Å². The number of hydrogen-bond acceptors (Lipinski definition) is 4. The van der Waals surface area contributed by atoms with Gasteiger partial charge in [-0.3, -0.25) is 4.79 Å². The van der Waals surface area contributed by atoms with Gasteiger partial charge in [-0.2, -0.15) is 0 Å². The minimum absolute atomic E-state index is 0.0728. The lowest BCUT2D eigenvalue weighted by Crippen LogP contribution is -2.32. The maximum absolute atomic E-state index is 10.5. The highest BCUT2D eigenvalue weighted by Crippen LogP contribution is 2.16. The Morgan fingerprint density at radius 2 is 2.21 bits per heavy atom. The summed E-state index contributed by atoms with van der Waals surface area (Å²) in [6, 6.07) is 0.424. The highest BCUT2D eigenvalue weighted by molar-refractivity contribution is 6.31. The molecule has 0 radical (unpaired) electrons. The molecule has 1 atom stereocenters. The number of carboxylic acids is 1. The van der Waals surface area contributed by atoms with Crippen molar-refractivity contribution in [1.82, 2.24) is 10.2 Å². The monoisotopic (exact) mass is 235 g/mol. The van der Waals surface area contributed by atoms with Crippen LogP contribution in [-0.2, 0) is 11.2 Å². The summed E-state index contributed by atoms with van der Waals surface area (Å²) in [6.45, 7) is 0. The topological polar surface area (TPSA) is 89.1 Å². The Hall–Kier alpha value is -0.910. The minimum Gasteiger partial charge on any atom is -0.480 e. The fraction of sp³-hybridized carbons (Fsp3) is 0.286. The molecule has 5 nitrogen and oxygen atoms in total. The molecule has 0 aromatic carbocycles.